The predicted octanol–water partition coefficient (Wildman–Crippen LogP) is 1.60. The van der Waals surface area contributed by atoms with Crippen molar-refractivity contribution in [2.75, 3.05) is 6.61 Å². The molecule has 4 nitrogen and oxygen atoms in total. The molecule has 0 rings (SSSR count). The molecule has 0 unspecified atom stereocenters. The number of hydrogen-bond acceptors (Lipinski definition) is 5. The van der Waals surface area contributed by atoms with Gasteiger partial charge in [0.25, 0.3) is 0 Å². The lowest BCUT2D eigenvalue weighted by Gasteiger charge is -2.21. The third kappa shape index (κ3) is 5.51. The Hall–Kier alpha value is -0.550. The number of carbonyl (C=O) groups is 2. The number of carbonyl (C=O) groups excluding carboxylic acids is 2. The van der Waals surface area contributed by atoms with Crippen LogP contribution in [0.5, 0.6) is 0 Å². The first-order valence-electron chi connectivity index (χ1n) is 5.26. The van der Waals surface area contributed by atoms with Crippen LogP contribution < -0.4 is 0 Å². The lowest BCUT2D eigenvalue weighted by Crippen LogP contribution is -2.34. The van der Waals surface area contributed by atoms with Crippen molar-refractivity contribution in [1.82, 2.24) is 0 Å². The van der Waals surface area contributed by atoms with E-state index < -0.39 is 18.0 Å². The molecule has 1 N–H and O–H groups in total. The number of esters is 1. The number of rotatable bonds is 4. The van der Waals surface area contributed by atoms with Gasteiger partial charge in [0.05, 0.1) is 12.5 Å². The standard InChI is InChI=1S/C11H20O4S/c1-6-15-9(13)8(12)7(2)10(14)16-11(3,4)5/h7-8,12H,6H2,1-5H3/t7-,8-/m1/s1. The molecule has 0 spiro atoms. The molecule has 0 aliphatic rings. The van der Waals surface area contributed by atoms with E-state index in [2.05, 4.69) is 4.74 Å². The van der Waals surface area contributed by atoms with Crippen LogP contribution >= 0.6 is 11.8 Å². The van der Waals surface area contributed by atoms with Crippen LogP contribution in [0.3, 0.4) is 0 Å². The van der Waals surface area contributed by atoms with Crippen LogP contribution in [0.15, 0.2) is 0 Å². The highest BCUT2D eigenvalue weighted by molar-refractivity contribution is 8.14. The highest BCUT2D eigenvalue weighted by Crippen LogP contribution is 2.28. The number of aliphatic hydroxyl groups excluding tert-OH is 1. The summed E-state index contributed by atoms with van der Waals surface area (Å²) in [6, 6.07) is 0. The molecule has 94 valence electrons. The average molecular weight is 248 g/mol. The fourth-order valence-corrected chi connectivity index (χ4v) is 1.87. The maximum atomic E-state index is 11.7. The van der Waals surface area contributed by atoms with Crippen LogP contribution in [0.1, 0.15) is 34.6 Å². The Morgan fingerprint density at radius 1 is 1.38 bits per heavy atom. The van der Waals surface area contributed by atoms with E-state index in [-0.39, 0.29) is 16.5 Å². The van der Waals surface area contributed by atoms with Gasteiger partial charge in [-0.25, -0.2) is 4.79 Å². The van der Waals surface area contributed by atoms with Crippen molar-refractivity contribution >= 4 is 22.8 Å². The maximum Gasteiger partial charge on any atom is 0.335 e. The van der Waals surface area contributed by atoms with Gasteiger partial charge in [0.1, 0.15) is 0 Å². The fraction of sp³-hybridized carbons (Fsp3) is 0.818. The summed E-state index contributed by atoms with van der Waals surface area (Å²) in [7, 11) is 0. The van der Waals surface area contributed by atoms with E-state index in [1.807, 2.05) is 20.8 Å². The second-order valence-corrected chi connectivity index (χ2v) is 6.35. The van der Waals surface area contributed by atoms with Gasteiger partial charge < -0.3 is 9.84 Å². The van der Waals surface area contributed by atoms with E-state index in [1.165, 1.54) is 6.92 Å². The summed E-state index contributed by atoms with van der Waals surface area (Å²) in [6.45, 7) is 9.09. The van der Waals surface area contributed by atoms with E-state index >= 15 is 0 Å². The lowest BCUT2D eigenvalue weighted by atomic mass is 10.1. The quantitative estimate of drug-likeness (QED) is 0.766. The molecule has 0 bridgehead atoms. The molecule has 2 atom stereocenters. The van der Waals surface area contributed by atoms with Crippen LogP contribution in [-0.4, -0.2) is 33.6 Å². The predicted molar refractivity (Wildman–Crippen MR) is 64.2 cm³/mol. The van der Waals surface area contributed by atoms with E-state index in [9.17, 15) is 14.7 Å². The van der Waals surface area contributed by atoms with Crippen LogP contribution in [0.4, 0.5) is 0 Å². The van der Waals surface area contributed by atoms with E-state index in [1.54, 1.807) is 6.92 Å². The second-order valence-electron chi connectivity index (χ2n) is 4.52. The summed E-state index contributed by atoms with van der Waals surface area (Å²) < 4.78 is 4.43. The Kier molecular flexibility index (Phi) is 6.04. The molecule has 0 fully saturated rings. The first kappa shape index (κ1) is 15.4. The molecule has 0 aliphatic heterocycles. The van der Waals surface area contributed by atoms with Crippen molar-refractivity contribution in [3.63, 3.8) is 0 Å². The molecule has 0 aromatic carbocycles. The fourth-order valence-electron chi connectivity index (χ4n) is 0.955. The van der Waals surface area contributed by atoms with Crippen molar-refractivity contribution in [3.05, 3.63) is 0 Å². The molecule has 0 amide bonds. The van der Waals surface area contributed by atoms with E-state index in [0.717, 1.165) is 11.8 Å². The van der Waals surface area contributed by atoms with Gasteiger partial charge in [-0.15, -0.1) is 0 Å². The molecule has 0 radical (unpaired) electrons. The molecule has 0 aromatic heterocycles. The van der Waals surface area contributed by atoms with Crippen molar-refractivity contribution in [1.29, 1.82) is 0 Å². The van der Waals surface area contributed by atoms with Gasteiger partial charge >= 0.3 is 5.97 Å². The minimum absolute atomic E-state index is 0.198. The van der Waals surface area contributed by atoms with Crippen LogP contribution in [-0.2, 0) is 14.3 Å². The van der Waals surface area contributed by atoms with Gasteiger partial charge in [-0.3, -0.25) is 4.79 Å². The second kappa shape index (κ2) is 6.25. The SMILES string of the molecule is CCOC(=O)[C@H](O)[C@@H](C)C(=O)SC(C)(C)C. The summed E-state index contributed by atoms with van der Waals surface area (Å²) >= 11 is 1.12. The Balaban J connectivity index is 4.38. The van der Waals surface area contributed by atoms with Gasteiger partial charge in [-0.1, -0.05) is 39.5 Å². The van der Waals surface area contributed by atoms with Gasteiger partial charge in [-0.2, -0.15) is 0 Å². The molecule has 0 heterocycles. The Morgan fingerprint density at radius 2 is 1.88 bits per heavy atom. The van der Waals surface area contributed by atoms with Crippen molar-refractivity contribution < 1.29 is 19.4 Å². The molecule has 0 saturated carbocycles. The largest absolute Gasteiger partial charge is 0.464 e. The van der Waals surface area contributed by atoms with Crippen LogP contribution in [0.2, 0.25) is 0 Å². The summed E-state index contributed by atoms with van der Waals surface area (Å²) in [6.07, 6.45) is -1.37. The monoisotopic (exact) mass is 248 g/mol. The van der Waals surface area contributed by atoms with Crippen molar-refractivity contribution in [2.45, 2.75) is 45.5 Å². The molecule has 0 saturated heterocycles. The maximum absolute atomic E-state index is 11.7. The lowest BCUT2D eigenvalue weighted by molar-refractivity contribution is -0.157. The summed E-state index contributed by atoms with van der Waals surface area (Å²) in [4.78, 5) is 22.9. The normalized spacial score (nSPS) is 15.4. The third-order valence-electron chi connectivity index (χ3n) is 1.78. The average Bonchev–Trinajstić information content (AvgIpc) is 2.13. The van der Waals surface area contributed by atoms with E-state index in [0.29, 0.717) is 0 Å². The minimum atomic E-state index is -1.37. The number of thioether (sulfide) groups is 1. The molecule has 0 aromatic rings. The number of aliphatic hydroxyl groups is 1. The summed E-state index contributed by atoms with van der Waals surface area (Å²) in [5.41, 5.74) is 0. The zero-order valence-electron chi connectivity index (χ0n) is 10.4. The summed E-state index contributed by atoms with van der Waals surface area (Å²) in [5.74, 6) is -1.49. The minimum Gasteiger partial charge on any atom is -0.464 e. The van der Waals surface area contributed by atoms with Gasteiger partial charge in [-0.05, 0) is 6.92 Å². The molecule has 0 aliphatic carbocycles. The number of hydrogen-bond donors (Lipinski definition) is 1. The van der Waals surface area contributed by atoms with Crippen molar-refractivity contribution in [3.8, 4) is 0 Å². The molecule has 16 heavy (non-hydrogen) atoms. The Labute approximate surface area is 101 Å². The van der Waals surface area contributed by atoms with Gasteiger partial charge in [0.2, 0.25) is 0 Å². The van der Waals surface area contributed by atoms with Gasteiger partial charge in [0.15, 0.2) is 11.2 Å². The molecular weight excluding hydrogens is 228 g/mol. The van der Waals surface area contributed by atoms with Crippen LogP contribution in [0.25, 0.3) is 0 Å². The third-order valence-corrected chi connectivity index (χ3v) is 2.97. The zero-order valence-corrected chi connectivity index (χ0v) is 11.3. The van der Waals surface area contributed by atoms with E-state index in [4.69, 9.17) is 0 Å². The topological polar surface area (TPSA) is 63.6 Å². The first-order chi connectivity index (χ1) is 7.19. The Morgan fingerprint density at radius 3 is 2.25 bits per heavy atom. The van der Waals surface area contributed by atoms with Crippen molar-refractivity contribution in [2.24, 2.45) is 5.92 Å². The molecular formula is C11H20O4S. The molecule has 5 heteroatoms. The van der Waals surface area contributed by atoms with Crippen LogP contribution in [0, 0.1) is 5.92 Å². The highest BCUT2D eigenvalue weighted by atomic mass is 32.2. The highest BCUT2D eigenvalue weighted by Gasteiger charge is 2.31. The first-order valence-corrected chi connectivity index (χ1v) is 6.08. The Bertz CT molecular complexity index is 257. The van der Waals surface area contributed by atoms with Gasteiger partial charge in [0, 0.05) is 4.75 Å². The zero-order chi connectivity index (χ0) is 12.9. The summed E-state index contributed by atoms with van der Waals surface area (Å²) in [5, 5.41) is 9.37. The smallest absolute Gasteiger partial charge is 0.335 e. The number of ether oxygens (including phenoxy) is 1.